The molecule has 0 bridgehead atoms. The zero-order valence-electron chi connectivity index (χ0n) is 7.63. The van der Waals surface area contributed by atoms with E-state index < -0.39 is 0 Å². The Bertz CT molecular complexity index is 323. The van der Waals surface area contributed by atoms with Crippen molar-refractivity contribution in [3.05, 3.63) is 24.3 Å². The third kappa shape index (κ3) is 1.61. The van der Waals surface area contributed by atoms with Gasteiger partial charge in [0, 0.05) is 7.62 Å². The van der Waals surface area contributed by atoms with Gasteiger partial charge in [-0.25, -0.2) is 4.98 Å². The van der Waals surface area contributed by atoms with Crippen molar-refractivity contribution in [2.75, 3.05) is 0 Å². The summed E-state index contributed by atoms with van der Waals surface area (Å²) in [5, 5.41) is 0. The van der Waals surface area contributed by atoms with Crippen molar-refractivity contribution in [1.82, 2.24) is 15.0 Å². The van der Waals surface area contributed by atoms with E-state index in [9.17, 15) is 0 Å². The van der Waals surface area contributed by atoms with Crippen LogP contribution in [0.25, 0.3) is 11.0 Å². The minimum Gasteiger partial charge on any atom is -0.341 e. The SMILES string of the molecule is CC.Cc1nc2ccncc2[nH]1.[HH]. The van der Waals surface area contributed by atoms with Crippen molar-refractivity contribution in [2.24, 2.45) is 0 Å². The van der Waals surface area contributed by atoms with Crippen molar-refractivity contribution in [3.8, 4) is 0 Å². The molecular weight excluding hydrogens is 150 g/mol. The van der Waals surface area contributed by atoms with E-state index in [1.807, 2.05) is 26.8 Å². The number of aromatic amines is 1. The van der Waals surface area contributed by atoms with Gasteiger partial charge in [-0.3, -0.25) is 4.98 Å². The van der Waals surface area contributed by atoms with Crippen LogP contribution in [0.1, 0.15) is 21.1 Å². The Balaban J connectivity index is 0.000000451. The molecule has 2 aromatic rings. The summed E-state index contributed by atoms with van der Waals surface area (Å²) < 4.78 is 0. The van der Waals surface area contributed by atoms with Gasteiger partial charge >= 0.3 is 0 Å². The lowest BCUT2D eigenvalue weighted by molar-refractivity contribution is 1.17. The average molecular weight is 165 g/mol. The molecule has 0 aromatic carbocycles. The second-order valence-electron chi connectivity index (χ2n) is 2.22. The van der Waals surface area contributed by atoms with Crippen LogP contribution >= 0.6 is 0 Å². The number of aromatic nitrogens is 3. The molecule has 0 unspecified atom stereocenters. The van der Waals surface area contributed by atoms with Crippen LogP contribution in [0, 0.1) is 6.92 Å². The zero-order chi connectivity index (χ0) is 8.97. The highest BCUT2D eigenvalue weighted by Gasteiger charge is 1.94. The Labute approximate surface area is 73.3 Å². The maximum atomic E-state index is 4.22. The van der Waals surface area contributed by atoms with E-state index in [4.69, 9.17) is 0 Å². The molecule has 0 spiro atoms. The van der Waals surface area contributed by atoms with Crippen LogP contribution in [0.5, 0.6) is 0 Å². The minimum absolute atomic E-state index is 0. The second-order valence-corrected chi connectivity index (χ2v) is 2.22. The first-order valence-corrected chi connectivity index (χ1v) is 4.12. The molecule has 1 N–H and O–H groups in total. The fourth-order valence-electron chi connectivity index (χ4n) is 0.984. The van der Waals surface area contributed by atoms with Gasteiger partial charge in [0.15, 0.2) is 0 Å². The number of H-pyrrole nitrogens is 1. The van der Waals surface area contributed by atoms with Crippen molar-refractivity contribution in [3.63, 3.8) is 0 Å². The van der Waals surface area contributed by atoms with Crippen LogP contribution in [0.15, 0.2) is 18.5 Å². The maximum absolute atomic E-state index is 4.22. The second kappa shape index (κ2) is 3.85. The summed E-state index contributed by atoms with van der Waals surface area (Å²) in [5.41, 5.74) is 1.98. The van der Waals surface area contributed by atoms with Gasteiger partial charge in [0.1, 0.15) is 5.82 Å². The van der Waals surface area contributed by atoms with Crippen molar-refractivity contribution < 1.29 is 1.43 Å². The average Bonchev–Trinajstić information content (AvgIpc) is 2.48. The standard InChI is InChI=1S/C7H7N3.C2H6.H2/c1-5-9-6-2-3-8-4-7(6)10-5;1-2;/h2-4H,1H3,(H,9,10);1-2H3;1H. The third-order valence-electron chi connectivity index (χ3n) is 1.40. The molecule has 3 nitrogen and oxygen atoms in total. The lowest BCUT2D eigenvalue weighted by atomic mass is 10.4. The molecule has 0 atom stereocenters. The Kier molecular flexibility index (Phi) is 2.80. The Morgan fingerprint density at radius 2 is 2.17 bits per heavy atom. The molecule has 0 saturated carbocycles. The van der Waals surface area contributed by atoms with E-state index in [-0.39, 0.29) is 1.43 Å². The summed E-state index contributed by atoms with van der Waals surface area (Å²) in [6.45, 7) is 5.93. The van der Waals surface area contributed by atoms with E-state index in [0.29, 0.717) is 0 Å². The van der Waals surface area contributed by atoms with Gasteiger partial charge in [-0.05, 0) is 13.0 Å². The first-order chi connectivity index (χ1) is 5.86. The highest BCUT2D eigenvalue weighted by Crippen LogP contribution is 2.06. The number of rotatable bonds is 0. The number of nitrogens with zero attached hydrogens (tertiary/aromatic N) is 2. The molecule has 0 aliphatic heterocycles. The fourth-order valence-corrected chi connectivity index (χ4v) is 0.984. The van der Waals surface area contributed by atoms with Crippen molar-refractivity contribution >= 4 is 11.0 Å². The molecule has 0 radical (unpaired) electrons. The van der Waals surface area contributed by atoms with Crippen molar-refractivity contribution in [1.29, 1.82) is 0 Å². The summed E-state index contributed by atoms with van der Waals surface area (Å²) in [6.07, 6.45) is 3.51. The van der Waals surface area contributed by atoms with Crippen LogP contribution in [0.2, 0.25) is 0 Å². The van der Waals surface area contributed by atoms with E-state index in [0.717, 1.165) is 16.9 Å². The number of fused-ring (bicyclic) bond motifs is 1. The maximum Gasteiger partial charge on any atom is 0.104 e. The van der Waals surface area contributed by atoms with Gasteiger partial charge in [0.2, 0.25) is 0 Å². The lowest BCUT2D eigenvalue weighted by Crippen LogP contribution is -1.69. The predicted octanol–water partition coefficient (Wildman–Crippen LogP) is 2.54. The highest BCUT2D eigenvalue weighted by molar-refractivity contribution is 5.73. The van der Waals surface area contributed by atoms with Crippen LogP contribution in [-0.4, -0.2) is 15.0 Å². The quantitative estimate of drug-likeness (QED) is 0.651. The van der Waals surface area contributed by atoms with Crippen LogP contribution in [-0.2, 0) is 0 Å². The van der Waals surface area contributed by atoms with Crippen LogP contribution in [0.4, 0.5) is 0 Å². The third-order valence-corrected chi connectivity index (χ3v) is 1.40. The normalized spacial score (nSPS) is 9.25. The van der Waals surface area contributed by atoms with Crippen molar-refractivity contribution in [2.45, 2.75) is 20.8 Å². The molecule has 3 heteroatoms. The number of nitrogens with one attached hydrogen (secondary N) is 1. The molecule has 2 rings (SSSR count). The molecule has 66 valence electrons. The molecular formula is C9H15N3. The number of aryl methyl sites for hydroxylation is 1. The molecule has 0 aliphatic rings. The molecule has 0 saturated heterocycles. The minimum atomic E-state index is 0. The van der Waals surface area contributed by atoms with Gasteiger partial charge in [0.05, 0.1) is 17.2 Å². The Morgan fingerprint density at radius 1 is 1.42 bits per heavy atom. The Hall–Kier alpha value is -1.38. The van der Waals surface area contributed by atoms with Gasteiger partial charge in [-0.1, -0.05) is 13.8 Å². The van der Waals surface area contributed by atoms with E-state index in [1.165, 1.54) is 0 Å². The largest absolute Gasteiger partial charge is 0.341 e. The van der Waals surface area contributed by atoms with Gasteiger partial charge < -0.3 is 4.98 Å². The van der Waals surface area contributed by atoms with Gasteiger partial charge in [0.25, 0.3) is 0 Å². The summed E-state index contributed by atoms with van der Waals surface area (Å²) >= 11 is 0. The predicted molar refractivity (Wildman–Crippen MR) is 52.1 cm³/mol. The summed E-state index contributed by atoms with van der Waals surface area (Å²) in [6, 6.07) is 1.89. The van der Waals surface area contributed by atoms with Crippen LogP contribution < -0.4 is 0 Å². The van der Waals surface area contributed by atoms with Crippen LogP contribution in [0.3, 0.4) is 0 Å². The topological polar surface area (TPSA) is 41.6 Å². The fraction of sp³-hybridized carbons (Fsp3) is 0.333. The summed E-state index contributed by atoms with van der Waals surface area (Å²) in [7, 11) is 0. The Morgan fingerprint density at radius 3 is 2.83 bits per heavy atom. The summed E-state index contributed by atoms with van der Waals surface area (Å²) in [5.74, 6) is 0.933. The first-order valence-electron chi connectivity index (χ1n) is 4.12. The number of hydrogen-bond donors (Lipinski definition) is 1. The molecule has 0 fully saturated rings. The van der Waals surface area contributed by atoms with Gasteiger partial charge in [-0.15, -0.1) is 0 Å². The molecule has 2 heterocycles. The molecule has 0 aliphatic carbocycles. The molecule has 2 aromatic heterocycles. The lowest BCUT2D eigenvalue weighted by Gasteiger charge is -1.80. The number of pyridine rings is 1. The zero-order valence-corrected chi connectivity index (χ0v) is 7.63. The molecule has 12 heavy (non-hydrogen) atoms. The van der Waals surface area contributed by atoms with Gasteiger partial charge in [-0.2, -0.15) is 0 Å². The first kappa shape index (κ1) is 8.71. The van der Waals surface area contributed by atoms with E-state index >= 15 is 0 Å². The smallest absolute Gasteiger partial charge is 0.104 e. The number of imidazole rings is 1. The monoisotopic (exact) mass is 165 g/mol. The summed E-state index contributed by atoms with van der Waals surface area (Å²) in [4.78, 5) is 11.3. The van der Waals surface area contributed by atoms with E-state index in [2.05, 4.69) is 15.0 Å². The molecule has 0 amide bonds. The number of hydrogen-bond acceptors (Lipinski definition) is 2. The van der Waals surface area contributed by atoms with E-state index in [1.54, 1.807) is 12.4 Å². The highest BCUT2D eigenvalue weighted by atomic mass is 14.9.